The van der Waals surface area contributed by atoms with Crippen molar-refractivity contribution in [2.45, 2.75) is 116 Å². The van der Waals surface area contributed by atoms with Gasteiger partial charge in [-0.15, -0.1) is 0 Å². The highest BCUT2D eigenvalue weighted by atomic mass is 14.0. The molecule has 0 aromatic carbocycles. The molecule has 0 bridgehead atoms. The highest BCUT2D eigenvalue weighted by molar-refractivity contribution is 4.81. The molecular weight excluding hydrogens is 264 g/mol. The fourth-order valence-electron chi connectivity index (χ4n) is 2.88. The van der Waals surface area contributed by atoms with Crippen molar-refractivity contribution in [2.75, 3.05) is 0 Å². The van der Waals surface area contributed by atoms with E-state index in [1.54, 1.807) is 0 Å². The number of hydrogen-bond acceptors (Lipinski definition) is 0. The fraction of sp³-hybridized carbons (Fsp3) is 0.818. The zero-order valence-corrected chi connectivity index (χ0v) is 15.3. The molecule has 0 fully saturated rings. The highest BCUT2D eigenvalue weighted by Crippen LogP contribution is 2.11. The van der Waals surface area contributed by atoms with Crippen LogP contribution >= 0.6 is 0 Å². The molecule has 0 aromatic rings. The van der Waals surface area contributed by atoms with Gasteiger partial charge < -0.3 is 0 Å². The van der Waals surface area contributed by atoms with Gasteiger partial charge in [0.1, 0.15) is 0 Å². The summed E-state index contributed by atoms with van der Waals surface area (Å²) in [5.74, 6) is 0. The predicted octanol–water partition coefficient (Wildman–Crippen LogP) is 8.23. The third kappa shape index (κ3) is 19.7. The molecule has 0 atom stereocenters. The van der Waals surface area contributed by atoms with Gasteiger partial charge in [-0.2, -0.15) is 0 Å². The van der Waals surface area contributed by atoms with Crippen molar-refractivity contribution in [1.29, 1.82) is 0 Å². The van der Waals surface area contributed by atoms with Crippen LogP contribution in [0.3, 0.4) is 0 Å². The molecule has 0 aliphatic heterocycles. The number of rotatable bonds is 18. The van der Waals surface area contributed by atoms with Gasteiger partial charge in [-0.1, -0.05) is 116 Å². The van der Waals surface area contributed by atoms with Crippen LogP contribution in [-0.2, 0) is 0 Å². The molecule has 0 saturated heterocycles. The van der Waals surface area contributed by atoms with Crippen molar-refractivity contribution in [3.8, 4) is 0 Å². The largest absolute Gasteiger partial charge is 0.0885 e. The van der Waals surface area contributed by atoms with E-state index in [1.165, 1.54) is 103 Å². The van der Waals surface area contributed by atoms with E-state index in [9.17, 15) is 0 Å². The molecule has 0 N–H and O–H groups in total. The number of unbranched alkanes of at least 4 members (excludes halogenated alkanes) is 16. The van der Waals surface area contributed by atoms with Crippen molar-refractivity contribution in [3.63, 3.8) is 0 Å². The Labute approximate surface area is 142 Å². The summed E-state index contributed by atoms with van der Waals surface area (Å²) in [6, 6.07) is 0. The third-order valence-electron chi connectivity index (χ3n) is 4.41. The van der Waals surface area contributed by atoms with Gasteiger partial charge in [0.05, 0.1) is 0 Å². The summed E-state index contributed by atoms with van der Waals surface area (Å²) in [7, 11) is 0. The van der Waals surface area contributed by atoms with Crippen LogP contribution in [0.4, 0.5) is 0 Å². The Morgan fingerprint density at radius 1 is 0.364 bits per heavy atom. The standard InChI is InChI=1S/C22H42/c1-3-5-7-9-11-13-15-17-19-21-22-20-18-16-14-12-10-8-6-4-2/h19,21H,1-18,20,22H2/b21-19+. The van der Waals surface area contributed by atoms with Gasteiger partial charge in [-0.3, -0.25) is 0 Å². The third-order valence-corrected chi connectivity index (χ3v) is 4.41. The van der Waals surface area contributed by atoms with E-state index < -0.39 is 0 Å². The maximum absolute atomic E-state index is 3.89. The van der Waals surface area contributed by atoms with E-state index in [0.717, 1.165) is 12.8 Å². The lowest BCUT2D eigenvalue weighted by Crippen LogP contribution is -1.81. The van der Waals surface area contributed by atoms with Crippen LogP contribution in [0, 0.1) is 13.8 Å². The summed E-state index contributed by atoms with van der Waals surface area (Å²) in [6.07, 6.45) is 29.2. The molecular formula is C22H42. The average Bonchev–Trinajstić information content (AvgIpc) is 2.54. The van der Waals surface area contributed by atoms with Crippen LogP contribution in [0.2, 0.25) is 0 Å². The second-order valence-electron chi connectivity index (χ2n) is 6.71. The second kappa shape index (κ2) is 20.7. The molecule has 0 saturated carbocycles. The van der Waals surface area contributed by atoms with Crippen molar-refractivity contribution in [3.05, 3.63) is 26.0 Å². The summed E-state index contributed by atoms with van der Waals surface area (Å²) < 4.78 is 0. The number of hydrogen-bond donors (Lipinski definition) is 0. The van der Waals surface area contributed by atoms with Gasteiger partial charge in [0.2, 0.25) is 0 Å². The van der Waals surface area contributed by atoms with Crippen LogP contribution in [0.5, 0.6) is 0 Å². The first kappa shape index (κ1) is 21.7. The lowest BCUT2D eigenvalue weighted by atomic mass is 10.1. The second-order valence-corrected chi connectivity index (χ2v) is 6.71. The summed E-state index contributed by atoms with van der Waals surface area (Å²) in [6.45, 7) is 7.78. The monoisotopic (exact) mass is 306 g/mol. The number of allylic oxidation sites excluding steroid dienone is 2. The summed E-state index contributed by atoms with van der Waals surface area (Å²) in [5, 5.41) is 0. The smallest absolute Gasteiger partial charge is 0.0351 e. The van der Waals surface area contributed by atoms with Crippen molar-refractivity contribution >= 4 is 0 Å². The van der Waals surface area contributed by atoms with Crippen molar-refractivity contribution in [1.82, 2.24) is 0 Å². The van der Waals surface area contributed by atoms with E-state index in [4.69, 9.17) is 0 Å². The molecule has 0 aromatic heterocycles. The summed E-state index contributed by atoms with van der Waals surface area (Å²) in [4.78, 5) is 0. The lowest BCUT2D eigenvalue weighted by molar-refractivity contribution is 0.570. The molecule has 0 rings (SSSR count). The van der Waals surface area contributed by atoms with Gasteiger partial charge in [0, 0.05) is 0 Å². The highest BCUT2D eigenvalue weighted by Gasteiger charge is 1.92. The van der Waals surface area contributed by atoms with Crippen LogP contribution in [0.25, 0.3) is 0 Å². The molecule has 0 heterocycles. The first-order valence-corrected chi connectivity index (χ1v) is 10.1. The molecule has 0 spiro atoms. The minimum atomic E-state index is 1.11. The Morgan fingerprint density at radius 2 is 0.636 bits per heavy atom. The topological polar surface area (TPSA) is 0 Å². The molecule has 22 heavy (non-hydrogen) atoms. The van der Waals surface area contributed by atoms with Crippen molar-refractivity contribution in [2.24, 2.45) is 0 Å². The minimum absolute atomic E-state index is 1.11. The van der Waals surface area contributed by atoms with E-state index in [0.29, 0.717) is 0 Å². The van der Waals surface area contributed by atoms with Gasteiger partial charge in [0.15, 0.2) is 0 Å². The molecule has 0 aliphatic rings. The Kier molecular flexibility index (Phi) is 20.5. The van der Waals surface area contributed by atoms with Crippen LogP contribution in [0.1, 0.15) is 116 Å². The molecule has 0 aliphatic carbocycles. The summed E-state index contributed by atoms with van der Waals surface area (Å²) >= 11 is 0. The Hall–Kier alpha value is -0.260. The van der Waals surface area contributed by atoms with E-state index >= 15 is 0 Å². The van der Waals surface area contributed by atoms with Gasteiger partial charge in [0.25, 0.3) is 0 Å². The predicted molar refractivity (Wildman–Crippen MR) is 103 cm³/mol. The molecule has 2 radical (unpaired) electrons. The first-order valence-electron chi connectivity index (χ1n) is 10.1. The Bertz CT molecular complexity index is 204. The molecule has 130 valence electrons. The lowest BCUT2D eigenvalue weighted by Gasteiger charge is -2.01. The maximum Gasteiger partial charge on any atom is -0.0351 e. The maximum atomic E-state index is 3.89. The molecule has 0 heteroatoms. The molecule has 0 nitrogen and oxygen atoms in total. The average molecular weight is 307 g/mol. The Balaban J connectivity index is 3.02. The van der Waals surface area contributed by atoms with Crippen LogP contribution < -0.4 is 0 Å². The van der Waals surface area contributed by atoms with Crippen LogP contribution in [0.15, 0.2) is 12.2 Å². The Morgan fingerprint density at radius 3 is 0.955 bits per heavy atom. The molecule has 0 unspecified atom stereocenters. The van der Waals surface area contributed by atoms with Gasteiger partial charge >= 0.3 is 0 Å². The zero-order valence-electron chi connectivity index (χ0n) is 15.3. The normalized spacial score (nSPS) is 11.5. The quantitative estimate of drug-likeness (QED) is 0.177. The summed E-state index contributed by atoms with van der Waals surface area (Å²) in [5.41, 5.74) is 0. The van der Waals surface area contributed by atoms with E-state index in [1.807, 2.05) is 0 Å². The zero-order chi connectivity index (χ0) is 16.1. The molecule has 0 amide bonds. The van der Waals surface area contributed by atoms with Crippen LogP contribution in [-0.4, -0.2) is 0 Å². The fourth-order valence-corrected chi connectivity index (χ4v) is 2.88. The minimum Gasteiger partial charge on any atom is -0.0885 e. The van der Waals surface area contributed by atoms with E-state index in [2.05, 4.69) is 26.0 Å². The van der Waals surface area contributed by atoms with Gasteiger partial charge in [-0.05, 0) is 25.7 Å². The van der Waals surface area contributed by atoms with E-state index in [-0.39, 0.29) is 0 Å². The SMILES string of the molecule is [CH2]CCCCCCCC/C=C/CCCCCCCCCC[CH2]. The first-order chi connectivity index (χ1) is 10.9. The van der Waals surface area contributed by atoms with Crippen molar-refractivity contribution < 1.29 is 0 Å². The van der Waals surface area contributed by atoms with Gasteiger partial charge in [-0.25, -0.2) is 0 Å².